The second-order valence-corrected chi connectivity index (χ2v) is 10.4. The molecule has 0 unspecified atom stereocenters. The minimum absolute atomic E-state index is 0.186. The molecule has 0 fully saturated rings. The van der Waals surface area contributed by atoms with Crippen LogP contribution in [0, 0.1) is 0 Å². The molecule has 7 nitrogen and oxygen atoms in total. The molecule has 178 valence electrons. The number of amides is 1. The summed E-state index contributed by atoms with van der Waals surface area (Å²) >= 11 is 1.44. The van der Waals surface area contributed by atoms with E-state index in [1.807, 2.05) is 49.6 Å². The molecular weight excluding hydrogens is 458 g/mol. The molecule has 1 aromatic heterocycles. The highest BCUT2D eigenvalue weighted by Crippen LogP contribution is 2.19. The van der Waals surface area contributed by atoms with Crippen molar-refractivity contribution < 1.29 is 17.9 Å². The van der Waals surface area contributed by atoms with Crippen LogP contribution in [-0.2, 0) is 21.3 Å². The maximum absolute atomic E-state index is 12.9. The number of carbonyl (C=O) groups excluding carboxylic acids is 1. The van der Waals surface area contributed by atoms with Crippen molar-refractivity contribution in [3.8, 4) is 0 Å². The smallest absolute Gasteiger partial charge is 0.279 e. The summed E-state index contributed by atoms with van der Waals surface area (Å²) in [7, 11) is -3.59. The highest BCUT2D eigenvalue weighted by atomic mass is 32.2. The second-order valence-electron chi connectivity index (χ2n) is 7.49. The van der Waals surface area contributed by atoms with Gasteiger partial charge in [-0.15, -0.1) is 0 Å². The maximum Gasteiger partial charge on any atom is 0.279 e. The number of ether oxygens (including phenoxy) is 1. The van der Waals surface area contributed by atoms with Crippen LogP contribution >= 0.6 is 11.3 Å². The molecular formula is C24H31N3O4S2. The summed E-state index contributed by atoms with van der Waals surface area (Å²) in [5.74, 6) is -0.408. The number of hydrogen-bond acceptors (Lipinski definition) is 5. The van der Waals surface area contributed by atoms with Gasteiger partial charge in [-0.2, -0.15) is 9.30 Å². The molecule has 0 N–H and O–H groups in total. The quantitative estimate of drug-likeness (QED) is 0.376. The highest BCUT2D eigenvalue weighted by molar-refractivity contribution is 7.89. The summed E-state index contributed by atoms with van der Waals surface area (Å²) in [5.41, 5.74) is 1.35. The van der Waals surface area contributed by atoms with Gasteiger partial charge in [0.05, 0.1) is 21.7 Å². The van der Waals surface area contributed by atoms with Crippen LogP contribution in [0.5, 0.6) is 0 Å². The van der Waals surface area contributed by atoms with Gasteiger partial charge in [0, 0.05) is 31.8 Å². The van der Waals surface area contributed by atoms with E-state index >= 15 is 0 Å². The molecule has 33 heavy (non-hydrogen) atoms. The van der Waals surface area contributed by atoms with E-state index in [9.17, 15) is 13.2 Å². The lowest BCUT2D eigenvalue weighted by Gasteiger charge is -2.20. The van der Waals surface area contributed by atoms with Crippen molar-refractivity contribution in [2.75, 3.05) is 26.3 Å². The molecule has 0 aliphatic rings. The van der Waals surface area contributed by atoms with E-state index in [-0.39, 0.29) is 4.90 Å². The molecule has 0 spiro atoms. The molecule has 1 heterocycles. The zero-order chi connectivity index (χ0) is 23.8. The number of rotatable bonds is 11. The number of thiazole rings is 1. The maximum atomic E-state index is 12.9. The molecule has 0 radical (unpaired) electrons. The molecule has 3 aromatic rings. The first-order chi connectivity index (χ1) is 15.9. The Labute approximate surface area is 199 Å². The van der Waals surface area contributed by atoms with Gasteiger partial charge in [0.1, 0.15) is 0 Å². The normalized spacial score (nSPS) is 12.7. The number of nitrogens with zero attached hydrogens (tertiary/aromatic N) is 3. The summed E-state index contributed by atoms with van der Waals surface area (Å²) < 4.78 is 35.8. The predicted molar refractivity (Wildman–Crippen MR) is 132 cm³/mol. The minimum atomic E-state index is -3.59. The van der Waals surface area contributed by atoms with Crippen LogP contribution in [0.3, 0.4) is 0 Å². The molecule has 3 rings (SSSR count). The van der Waals surface area contributed by atoms with E-state index in [1.165, 1.54) is 39.9 Å². The van der Waals surface area contributed by atoms with E-state index < -0.39 is 15.9 Å². The number of para-hydroxylation sites is 1. The molecule has 0 bridgehead atoms. The Bertz CT molecular complexity index is 1240. The fraction of sp³-hybridized carbons (Fsp3) is 0.417. The largest absolute Gasteiger partial charge is 0.380 e. The molecule has 9 heteroatoms. The standard InChI is InChI=1S/C24H31N3O4S2/c1-4-7-16-26(5-2)33(29,30)20-14-12-19(13-15-20)23(28)25-24-27(17-18-31-6-3)21-10-8-9-11-22(21)32-24/h8-15H,4-7,16-18H2,1-3H3. The first kappa shape index (κ1) is 25.3. The van der Waals surface area contributed by atoms with Crippen molar-refractivity contribution in [1.29, 1.82) is 0 Å². The number of fused-ring (bicyclic) bond motifs is 1. The first-order valence-corrected chi connectivity index (χ1v) is 13.5. The van der Waals surface area contributed by atoms with Crippen LogP contribution in [0.15, 0.2) is 58.4 Å². The summed E-state index contributed by atoms with van der Waals surface area (Å²) in [4.78, 5) is 18.0. The Balaban J connectivity index is 1.89. The van der Waals surface area contributed by atoms with Gasteiger partial charge in [-0.3, -0.25) is 4.79 Å². The van der Waals surface area contributed by atoms with Crippen LogP contribution in [-0.4, -0.2) is 49.5 Å². The molecule has 1 amide bonds. The van der Waals surface area contributed by atoms with Gasteiger partial charge in [-0.25, -0.2) is 8.42 Å². The average molecular weight is 490 g/mol. The fourth-order valence-corrected chi connectivity index (χ4v) is 6.02. The van der Waals surface area contributed by atoms with Gasteiger partial charge < -0.3 is 9.30 Å². The van der Waals surface area contributed by atoms with Gasteiger partial charge in [-0.05, 0) is 49.7 Å². The van der Waals surface area contributed by atoms with E-state index in [0.717, 1.165) is 23.1 Å². The number of aromatic nitrogens is 1. The Morgan fingerprint density at radius 3 is 2.48 bits per heavy atom. The molecule has 0 saturated carbocycles. The van der Waals surface area contributed by atoms with Gasteiger partial charge in [0.25, 0.3) is 5.91 Å². The van der Waals surface area contributed by atoms with E-state index in [2.05, 4.69) is 4.99 Å². The molecule has 2 aromatic carbocycles. The Hall–Kier alpha value is -2.33. The lowest BCUT2D eigenvalue weighted by molar-refractivity contribution is 0.0996. The predicted octanol–water partition coefficient (Wildman–Crippen LogP) is 4.29. The summed E-state index contributed by atoms with van der Waals surface area (Å²) in [6.45, 7) is 8.43. The van der Waals surface area contributed by atoms with Crippen LogP contribution in [0.4, 0.5) is 0 Å². The first-order valence-electron chi connectivity index (χ1n) is 11.3. The van der Waals surface area contributed by atoms with E-state index in [1.54, 1.807) is 0 Å². The van der Waals surface area contributed by atoms with Crippen molar-refractivity contribution in [1.82, 2.24) is 8.87 Å². The Morgan fingerprint density at radius 1 is 1.09 bits per heavy atom. The Morgan fingerprint density at radius 2 is 1.82 bits per heavy atom. The zero-order valence-corrected chi connectivity index (χ0v) is 21.0. The third kappa shape index (κ3) is 5.97. The Kier molecular flexibility index (Phi) is 8.96. The lowest BCUT2D eigenvalue weighted by atomic mass is 10.2. The second kappa shape index (κ2) is 11.7. The van der Waals surface area contributed by atoms with E-state index in [4.69, 9.17) is 4.74 Å². The summed E-state index contributed by atoms with van der Waals surface area (Å²) in [5, 5.41) is 0. The molecule has 0 aliphatic carbocycles. The molecule has 0 aliphatic heterocycles. The van der Waals surface area contributed by atoms with Crippen LogP contribution in [0.25, 0.3) is 10.2 Å². The van der Waals surface area contributed by atoms with Gasteiger partial charge >= 0.3 is 0 Å². The summed E-state index contributed by atoms with van der Waals surface area (Å²) in [6, 6.07) is 13.9. The van der Waals surface area contributed by atoms with Crippen LogP contribution in [0.2, 0.25) is 0 Å². The van der Waals surface area contributed by atoms with Gasteiger partial charge in [0.2, 0.25) is 10.0 Å². The van der Waals surface area contributed by atoms with Crippen molar-refractivity contribution in [3.63, 3.8) is 0 Å². The molecule has 0 atom stereocenters. The lowest BCUT2D eigenvalue weighted by Crippen LogP contribution is -2.31. The average Bonchev–Trinajstić information content (AvgIpc) is 3.16. The number of benzene rings is 2. The van der Waals surface area contributed by atoms with Crippen molar-refractivity contribution in [3.05, 3.63) is 58.9 Å². The van der Waals surface area contributed by atoms with Crippen molar-refractivity contribution >= 4 is 37.5 Å². The topological polar surface area (TPSA) is 81.0 Å². The number of unbranched alkanes of at least 4 members (excludes halogenated alkanes) is 1. The SMILES string of the molecule is CCCCN(CC)S(=O)(=O)c1ccc(C(=O)N=c2sc3ccccc3n2CCOCC)cc1. The fourth-order valence-electron chi connectivity index (χ4n) is 3.48. The number of carbonyl (C=O) groups is 1. The third-order valence-corrected chi connectivity index (χ3v) is 8.35. The zero-order valence-electron chi connectivity index (χ0n) is 19.4. The summed E-state index contributed by atoms with van der Waals surface area (Å²) in [6.07, 6.45) is 1.73. The third-order valence-electron chi connectivity index (χ3n) is 5.30. The number of sulfonamides is 1. The number of hydrogen-bond donors (Lipinski definition) is 0. The molecule has 0 saturated heterocycles. The van der Waals surface area contributed by atoms with Crippen molar-refractivity contribution in [2.45, 2.75) is 45.1 Å². The highest BCUT2D eigenvalue weighted by Gasteiger charge is 2.22. The van der Waals surface area contributed by atoms with Crippen molar-refractivity contribution in [2.24, 2.45) is 4.99 Å². The van der Waals surface area contributed by atoms with Gasteiger partial charge in [0.15, 0.2) is 4.80 Å². The van der Waals surface area contributed by atoms with Gasteiger partial charge in [-0.1, -0.05) is 43.7 Å². The minimum Gasteiger partial charge on any atom is -0.380 e. The van der Waals surface area contributed by atoms with E-state index in [0.29, 0.717) is 43.2 Å². The van der Waals surface area contributed by atoms with Crippen LogP contribution in [0.1, 0.15) is 44.0 Å². The van der Waals surface area contributed by atoms with Crippen LogP contribution < -0.4 is 4.80 Å². The monoisotopic (exact) mass is 489 g/mol.